The van der Waals surface area contributed by atoms with E-state index in [1.54, 1.807) is 41.5 Å². The zero-order valence-corrected chi connectivity index (χ0v) is 30.5. The van der Waals surface area contributed by atoms with E-state index in [1.807, 2.05) is 23.6 Å². The lowest BCUT2D eigenvalue weighted by Crippen LogP contribution is -2.49. The molecule has 1 aliphatic heterocycles. The summed E-state index contributed by atoms with van der Waals surface area (Å²) in [6, 6.07) is -0.711. The second kappa shape index (κ2) is 25.6. The number of hydrogen-bond donors (Lipinski definition) is 2. The van der Waals surface area contributed by atoms with E-state index in [0.29, 0.717) is 85.5 Å². The van der Waals surface area contributed by atoms with Gasteiger partial charge in [-0.15, -0.1) is 0 Å². The Bertz CT molecular complexity index is 828. The third-order valence-electron chi connectivity index (χ3n) is 6.63. The molecule has 2 amide bonds. The van der Waals surface area contributed by atoms with E-state index < -0.39 is 24.2 Å². The fourth-order valence-electron chi connectivity index (χ4n) is 4.51. The van der Waals surface area contributed by atoms with E-state index in [2.05, 4.69) is 10.6 Å². The van der Waals surface area contributed by atoms with Crippen molar-refractivity contribution in [3.05, 3.63) is 0 Å². The van der Waals surface area contributed by atoms with Gasteiger partial charge in [-0.2, -0.15) is 0 Å². The van der Waals surface area contributed by atoms with Crippen LogP contribution < -0.4 is 10.6 Å². The standard InChI is InChI=1S/C33H62N4O11/c1-24(2)21-28(32(40)47-26(5)6)34-29(38)22-36-9-13-42-17-19-44-15-11-37(12-16-45-20-18-43-14-10-36)23-30(39)35-31(46-25(3)4)33(41)48-27(7)8/h24-28,31H,9-23H2,1-8H3,(H,34,38)(H,35,39)/t28-,31-/m1/s1. The van der Waals surface area contributed by atoms with Gasteiger partial charge >= 0.3 is 11.9 Å². The molecule has 280 valence electrons. The van der Waals surface area contributed by atoms with Gasteiger partial charge in [-0.05, 0) is 53.9 Å². The van der Waals surface area contributed by atoms with Crippen LogP contribution in [0.5, 0.6) is 0 Å². The number of nitrogens with zero attached hydrogens (tertiary/aromatic N) is 2. The number of nitrogens with one attached hydrogen (secondary N) is 2. The maximum Gasteiger partial charge on any atom is 0.356 e. The summed E-state index contributed by atoms with van der Waals surface area (Å²) in [6.45, 7) is 19.3. The van der Waals surface area contributed by atoms with E-state index in [1.165, 1.54) is 0 Å². The average Bonchev–Trinajstić information content (AvgIpc) is 2.97. The molecule has 0 bridgehead atoms. The molecule has 1 fully saturated rings. The van der Waals surface area contributed by atoms with Crippen LogP contribution in [0.2, 0.25) is 0 Å². The maximum absolute atomic E-state index is 12.9. The molecule has 0 aromatic carbocycles. The summed E-state index contributed by atoms with van der Waals surface area (Å²) in [5.41, 5.74) is 0. The summed E-state index contributed by atoms with van der Waals surface area (Å²) < 4.78 is 39.2. The van der Waals surface area contributed by atoms with Crippen LogP contribution in [0, 0.1) is 5.92 Å². The van der Waals surface area contributed by atoms with Crippen LogP contribution in [-0.4, -0.2) is 156 Å². The van der Waals surface area contributed by atoms with Crippen molar-refractivity contribution in [2.75, 3.05) is 92.1 Å². The third kappa shape index (κ3) is 22.3. The van der Waals surface area contributed by atoms with Crippen LogP contribution in [0.1, 0.15) is 61.8 Å². The van der Waals surface area contributed by atoms with E-state index in [4.69, 9.17) is 33.2 Å². The van der Waals surface area contributed by atoms with Crippen molar-refractivity contribution in [1.82, 2.24) is 20.4 Å². The first kappa shape index (κ1) is 43.6. The molecular formula is C33H62N4O11. The quantitative estimate of drug-likeness (QED) is 0.196. The maximum atomic E-state index is 12.9. The van der Waals surface area contributed by atoms with Gasteiger partial charge in [-0.25, -0.2) is 9.59 Å². The first-order valence-electron chi connectivity index (χ1n) is 17.2. The summed E-state index contributed by atoms with van der Waals surface area (Å²) in [4.78, 5) is 54.6. The van der Waals surface area contributed by atoms with E-state index in [0.717, 1.165) is 0 Å². The van der Waals surface area contributed by atoms with Gasteiger partial charge < -0.3 is 43.8 Å². The van der Waals surface area contributed by atoms with Crippen LogP contribution in [0.15, 0.2) is 0 Å². The van der Waals surface area contributed by atoms with Gasteiger partial charge in [0.05, 0.1) is 84.3 Å². The Morgan fingerprint density at radius 1 is 0.562 bits per heavy atom. The van der Waals surface area contributed by atoms with Gasteiger partial charge in [0.2, 0.25) is 18.0 Å². The van der Waals surface area contributed by atoms with E-state index in [-0.39, 0.29) is 49.1 Å². The number of amides is 2. The predicted octanol–water partition coefficient (Wildman–Crippen LogP) is 0.972. The highest BCUT2D eigenvalue weighted by molar-refractivity contribution is 5.85. The zero-order valence-electron chi connectivity index (χ0n) is 30.5. The summed E-state index contributed by atoms with van der Waals surface area (Å²) in [5.74, 6) is -1.54. The lowest BCUT2D eigenvalue weighted by molar-refractivity contribution is -0.168. The number of rotatable bonds is 14. The van der Waals surface area contributed by atoms with Crippen molar-refractivity contribution in [1.29, 1.82) is 0 Å². The monoisotopic (exact) mass is 690 g/mol. The van der Waals surface area contributed by atoms with Crippen molar-refractivity contribution >= 4 is 23.8 Å². The molecule has 48 heavy (non-hydrogen) atoms. The molecule has 0 aromatic heterocycles. The Kier molecular flexibility index (Phi) is 23.2. The molecule has 2 N–H and O–H groups in total. The molecular weight excluding hydrogens is 628 g/mol. The highest BCUT2D eigenvalue weighted by Gasteiger charge is 2.27. The lowest BCUT2D eigenvalue weighted by Gasteiger charge is -2.25. The largest absolute Gasteiger partial charge is 0.461 e. The molecule has 1 rings (SSSR count). The van der Waals surface area contributed by atoms with Crippen LogP contribution in [0.3, 0.4) is 0 Å². The smallest absolute Gasteiger partial charge is 0.356 e. The van der Waals surface area contributed by atoms with Gasteiger partial charge in [-0.1, -0.05) is 13.8 Å². The molecule has 1 saturated heterocycles. The Morgan fingerprint density at radius 3 is 1.33 bits per heavy atom. The van der Waals surface area contributed by atoms with Crippen LogP contribution >= 0.6 is 0 Å². The van der Waals surface area contributed by atoms with Gasteiger partial charge in [0.1, 0.15) is 6.04 Å². The SMILES string of the molecule is CC(C)C[C@@H](NC(=O)CN1CCOCCOCCN(CC(=O)N[C@H](OC(C)C)C(=O)OC(C)C)CCOCCOCC1)C(=O)OC(C)C. The number of carbonyl (C=O) groups is 4. The summed E-state index contributed by atoms with van der Waals surface area (Å²) in [5, 5.41) is 5.47. The summed E-state index contributed by atoms with van der Waals surface area (Å²) >= 11 is 0. The van der Waals surface area contributed by atoms with Crippen molar-refractivity contribution in [3.8, 4) is 0 Å². The number of esters is 2. The minimum absolute atomic E-state index is 0.00712. The highest BCUT2D eigenvalue weighted by atomic mass is 16.6. The Labute approximate surface area is 286 Å². The van der Waals surface area contributed by atoms with Crippen LogP contribution in [0.25, 0.3) is 0 Å². The lowest BCUT2D eigenvalue weighted by atomic mass is 10.0. The molecule has 0 saturated carbocycles. The first-order valence-corrected chi connectivity index (χ1v) is 17.2. The summed E-state index contributed by atoms with van der Waals surface area (Å²) in [6.07, 6.45) is -1.63. The van der Waals surface area contributed by atoms with Crippen molar-refractivity contribution < 1.29 is 52.3 Å². The Balaban J connectivity index is 2.65. The normalized spacial score (nSPS) is 18.6. The third-order valence-corrected chi connectivity index (χ3v) is 6.63. The Morgan fingerprint density at radius 2 is 0.958 bits per heavy atom. The van der Waals surface area contributed by atoms with E-state index in [9.17, 15) is 19.2 Å². The molecule has 15 heteroatoms. The molecule has 0 unspecified atom stereocenters. The molecule has 2 atom stereocenters. The minimum atomic E-state index is -1.21. The zero-order chi connectivity index (χ0) is 35.9. The minimum Gasteiger partial charge on any atom is -0.461 e. The molecule has 0 aliphatic carbocycles. The molecule has 0 radical (unpaired) electrons. The average molecular weight is 691 g/mol. The summed E-state index contributed by atoms with van der Waals surface area (Å²) in [7, 11) is 0. The number of ether oxygens (including phenoxy) is 7. The molecule has 15 nitrogen and oxygen atoms in total. The van der Waals surface area contributed by atoms with Crippen molar-refractivity contribution in [2.24, 2.45) is 5.92 Å². The fourth-order valence-corrected chi connectivity index (χ4v) is 4.51. The molecule has 1 heterocycles. The van der Waals surface area contributed by atoms with Crippen LogP contribution in [0.4, 0.5) is 0 Å². The predicted molar refractivity (Wildman–Crippen MR) is 178 cm³/mol. The van der Waals surface area contributed by atoms with Gasteiger partial charge in [0, 0.05) is 26.2 Å². The Hall–Kier alpha value is -2.40. The highest BCUT2D eigenvalue weighted by Crippen LogP contribution is 2.08. The van der Waals surface area contributed by atoms with Crippen molar-refractivity contribution in [3.63, 3.8) is 0 Å². The molecule has 1 aliphatic rings. The topological polar surface area (TPSA) is 163 Å². The second-order valence-corrected chi connectivity index (χ2v) is 12.9. The number of hydrogen-bond acceptors (Lipinski definition) is 13. The first-order chi connectivity index (χ1) is 22.8. The van der Waals surface area contributed by atoms with E-state index >= 15 is 0 Å². The fraction of sp³-hybridized carbons (Fsp3) is 0.879. The second-order valence-electron chi connectivity index (χ2n) is 12.9. The van der Waals surface area contributed by atoms with Gasteiger partial charge in [-0.3, -0.25) is 19.4 Å². The van der Waals surface area contributed by atoms with Gasteiger partial charge in [0.25, 0.3) is 0 Å². The number of carbonyl (C=O) groups excluding carboxylic acids is 4. The van der Waals surface area contributed by atoms with Crippen LogP contribution in [-0.2, 0) is 52.3 Å². The van der Waals surface area contributed by atoms with Crippen molar-refractivity contribution in [2.45, 2.75) is 92.4 Å². The van der Waals surface area contributed by atoms with Gasteiger partial charge in [0.15, 0.2) is 0 Å². The molecule has 0 spiro atoms. The molecule has 0 aromatic rings.